The molecule has 122 valence electrons. The molecule has 0 unspecified atom stereocenters. The second-order valence-electron chi connectivity index (χ2n) is 5.97. The van der Waals surface area contributed by atoms with E-state index in [1.165, 1.54) is 25.7 Å². The summed E-state index contributed by atoms with van der Waals surface area (Å²) in [4.78, 5) is 18.8. The summed E-state index contributed by atoms with van der Waals surface area (Å²) < 4.78 is 5.16. The quantitative estimate of drug-likeness (QED) is 0.876. The number of ether oxygens (including phenoxy) is 1. The van der Waals surface area contributed by atoms with Gasteiger partial charge in [0, 0.05) is 24.7 Å². The first-order chi connectivity index (χ1) is 10.7. The maximum absolute atomic E-state index is 12.1. The van der Waals surface area contributed by atoms with Crippen molar-refractivity contribution in [3.05, 3.63) is 24.0 Å². The van der Waals surface area contributed by atoms with Crippen LogP contribution in [-0.2, 0) is 11.3 Å². The monoisotopic (exact) mass is 305 g/mol. The SMILES string of the molecule is COc1ccnc(CNC(=O)C[C@H](C)N2CCCCCC2)c1. The zero-order chi connectivity index (χ0) is 15.8. The van der Waals surface area contributed by atoms with Crippen LogP contribution < -0.4 is 10.1 Å². The Kier molecular flexibility index (Phi) is 6.65. The van der Waals surface area contributed by atoms with Crippen molar-refractivity contribution in [2.45, 2.75) is 51.6 Å². The zero-order valence-electron chi connectivity index (χ0n) is 13.7. The van der Waals surface area contributed by atoms with Crippen molar-refractivity contribution in [3.63, 3.8) is 0 Å². The van der Waals surface area contributed by atoms with Crippen molar-refractivity contribution in [2.75, 3.05) is 20.2 Å². The van der Waals surface area contributed by atoms with Crippen LogP contribution in [0, 0.1) is 0 Å². The summed E-state index contributed by atoms with van der Waals surface area (Å²) in [5.41, 5.74) is 0.815. The molecule has 1 fully saturated rings. The molecule has 1 saturated heterocycles. The van der Waals surface area contributed by atoms with Gasteiger partial charge in [-0.25, -0.2) is 0 Å². The number of carbonyl (C=O) groups excluding carboxylic acids is 1. The van der Waals surface area contributed by atoms with E-state index in [9.17, 15) is 4.79 Å². The summed E-state index contributed by atoms with van der Waals surface area (Å²) >= 11 is 0. The maximum atomic E-state index is 12.1. The van der Waals surface area contributed by atoms with Crippen LogP contribution in [0.1, 0.15) is 44.7 Å². The molecule has 1 atom stereocenters. The number of hydrogen-bond donors (Lipinski definition) is 1. The highest BCUT2D eigenvalue weighted by Gasteiger charge is 2.18. The minimum atomic E-state index is 0.0846. The molecule has 0 bridgehead atoms. The molecule has 1 aromatic heterocycles. The third kappa shape index (κ3) is 5.30. The molecule has 1 aliphatic rings. The third-order valence-corrected chi connectivity index (χ3v) is 4.24. The van der Waals surface area contributed by atoms with Crippen molar-refractivity contribution >= 4 is 5.91 Å². The Bertz CT molecular complexity index is 471. The molecular formula is C17H27N3O2. The second kappa shape index (κ2) is 8.73. The van der Waals surface area contributed by atoms with Crippen molar-refractivity contribution in [3.8, 4) is 5.75 Å². The Balaban J connectivity index is 1.76. The molecule has 0 spiro atoms. The highest BCUT2D eigenvalue weighted by Crippen LogP contribution is 2.14. The van der Waals surface area contributed by atoms with E-state index in [1.807, 2.05) is 6.07 Å². The van der Waals surface area contributed by atoms with Gasteiger partial charge in [0.1, 0.15) is 5.75 Å². The number of pyridine rings is 1. The van der Waals surface area contributed by atoms with Crippen LogP contribution >= 0.6 is 0 Å². The highest BCUT2D eigenvalue weighted by atomic mass is 16.5. The van der Waals surface area contributed by atoms with Crippen molar-refractivity contribution in [2.24, 2.45) is 0 Å². The molecule has 2 heterocycles. The van der Waals surface area contributed by atoms with Crippen molar-refractivity contribution in [1.29, 1.82) is 0 Å². The number of likely N-dealkylation sites (tertiary alicyclic amines) is 1. The number of aromatic nitrogens is 1. The minimum Gasteiger partial charge on any atom is -0.497 e. The van der Waals surface area contributed by atoms with Crippen LogP contribution in [0.3, 0.4) is 0 Å². The number of nitrogens with zero attached hydrogens (tertiary/aromatic N) is 2. The Morgan fingerprint density at radius 2 is 2.09 bits per heavy atom. The molecule has 0 radical (unpaired) electrons. The number of nitrogens with one attached hydrogen (secondary N) is 1. The van der Waals surface area contributed by atoms with Gasteiger partial charge in [-0.3, -0.25) is 9.78 Å². The van der Waals surface area contributed by atoms with E-state index in [1.54, 1.807) is 19.4 Å². The van der Waals surface area contributed by atoms with Crippen molar-refractivity contribution < 1.29 is 9.53 Å². The van der Waals surface area contributed by atoms with E-state index in [0.717, 1.165) is 24.5 Å². The van der Waals surface area contributed by atoms with E-state index in [2.05, 4.69) is 22.1 Å². The minimum absolute atomic E-state index is 0.0846. The highest BCUT2D eigenvalue weighted by molar-refractivity contribution is 5.76. The normalized spacial score (nSPS) is 17.5. The molecule has 5 nitrogen and oxygen atoms in total. The zero-order valence-corrected chi connectivity index (χ0v) is 13.7. The van der Waals surface area contributed by atoms with Crippen LogP contribution in [0.15, 0.2) is 18.3 Å². The molecule has 0 aromatic carbocycles. The molecule has 1 aliphatic heterocycles. The number of carbonyl (C=O) groups is 1. The second-order valence-corrected chi connectivity index (χ2v) is 5.97. The Hall–Kier alpha value is -1.62. The summed E-state index contributed by atoms with van der Waals surface area (Å²) in [5, 5.41) is 2.95. The Morgan fingerprint density at radius 3 is 2.77 bits per heavy atom. The standard InChI is InChI=1S/C17H27N3O2/c1-14(20-9-5-3-4-6-10-20)11-17(21)19-13-15-12-16(22-2)7-8-18-15/h7-8,12,14H,3-6,9-11,13H2,1-2H3,(H,19,21)/t14-/m0/s1. The van der Waals surface area contributed by atoms with Gasteiger partial charge in [0.05, 0.1) is 19.3 Å². The third-order valence-electron chi connectivity index (χ3n) is 4.24. The molecule has 0 aliphatic carbocycles. The van der Waals surface area contributed by atoms with Crippen LogP contribution in [0.4, 0.5) is 0 Å². The van der Waals surface area contributed by atoms with Crippen LogP contribution in [-0.4, -0.2) is 42.0 Å². The summed E-state index contributed by atoms with van der Waals surface area (Å²) in [6.45, 7) is 4.83. The van der Waals surface area contributed by atoms with E-state index >= 15 is 0 Å². The van der Waals surface area contributed by atoms with E-state index in [4.69, 9.17) is 4.74 Å². The van der Waals surface area contributed by atoms with Crippen molar-refractivity contribution in [1.82, 2.24) is 15.2 Å². The topological polar surface area (TPSA) is 54.5 Å². The summed E-state index contributed by atoms with van der Waals surface area (Å²) in [5.74, 6) is 0.846. The van der Waals surface area contributed by atoms with E-state index < -0.39 is 0 Å². The first kappa shape index (κ1) is 16.7. The number of hydrogen-bond acceptors (Lipinski definition) is 4. The lowest BCUT2D eigenvalue weighted by Crippen LogP contribution is -2.38. The average Bonchev–Trinajstić information content (AvgIpc) is 2.82. The first-order valence-electron chi connectivity index (χ1n) is 8.18. The number of methoxy groups -OCH3 is 1. The Labute approximate surface area is 133 Å². The molecule has 0 saturated carbocycles. The first-order valence-corrected chi connectivity index (χ1v) is 8.18. The van der Waals surface area contributed by atoms with Gasteiger partial charge in [-0.15, -0.1) is 0 Å². The van der Waals surface area contributed by atoms with Crippen LogP contribution in [0.25, 0.3) is 0 Å². The molecule has 1 N–H and O–H groups in total. The van der Waals surface area contributed by atoms with Gasteiger partial charge in [-0.05, 0) is 38.9 Å². The fourth-order valence-electron chi connectivity index (χ4n) is 2.87. The lowest BCUT2D eigenvalue weighted by molar-refractivity contribution is -0.122. The lowest BCUT2D eigenvalue weighted by Gasteiger charge is -2.27. The number of rotatable bonds is 6. The fourth-order valence-corrected chi connectivity index (χ4v) is 2.87. The van der Waals surface area contributed by atoms with E-state index in [0.29, 0.717) is 19.0 Å². The van der Waals surface area contributed by atoms with E-state index in [-0.39, 0.29) is 5.91 Å². The van der Waals surface area contributed by atoms with Crippen LogP contribution in [0.5, 0.6) is 5.75 Å². The van der Waals surface area contributed by atoms with Gasteiger partial charge < -0.3 is 15.0 Å². The lowest BCUT2D eigenvalue weighted by atomic mass is 10.2. The summed E-state index contributed by atoms with van der Waals surface area (Å²) in [6.07, 6.45) is 7.37. The average molecular weight is 305 g/mol. The van der Waals surface area contributed by atoms with Crippen LogP contribution in [0.2, 0.25) is 0 Å². The molecule has 5 heteroatoms. The molecule has 1 aromatic rings. The molecule has 2 rings (SSSR count). The molecule has 22 heavy (non-hydrogen) atoms. The van der Waals surface area contributed by atoms with Gasteiger partial charge in [0.2, 0.25) is 5.91 Å². The van der Waals surface area contributed by atoms with Gasteiger partial charge in [0.25, 0.3) is 0 Å². The largest absolute Gasteiger partial charge is 0.497 e. The predicted molar refractivity (Wildman–Crippen MR) is 86.8 cm³/mol. The molecule has 1 amide bonds. The number of amides is 1. The van der Waals surface area contributed by atoms with Gasteiger partial charge in [-0.2, -0.15) is 0 Å². The smallest absolute Gasteiger partial charge is 0.221 e. The van der Waals surface area contributed by atoms with Gasteiger partial charge in [-0.1, -0.05) is 12.8 Å². The predicted octanol–water partition coefficient (Wildman–Crippen LogP) is 2.36. The summed E-state index contributed by atoms with van der Waals surface area (Å²) in [6, 6.07) is 3.95. The van der Waals surface area contributed by atoms with Gasteiger partial charge in [0.15, 0.2) is 0 Å². The maximum Gasteiger partial charge on any atom is 0.221 e. The fraction of sp³-hybridized carbons (Fsp3) is 0.647. The Morgan fingerprint density at radius 1 is 1.36 bits per heavy atom. The molecular weight excluding hydrogens is 278 g/mol. The summed E-state index contributed by atoms with van der Waals surface area (Å²) in [7, 11) is 1.63. The van der Waals surface area contributed by atoms with Gasteiger partial charge >= 0.3 is 0 Å².